The molecule has 20 heavy (non-hydrogen) atoms. The largest absolute Gasteiger partial charge is 0.352 e. The van der Waals surface area contributed by atoms with Crippen molar-refractivity contribution < 1.29 is 9.18 Å². The van der Waals surface area contributed by atoms with Crippen molar-refractivity contribution in [2.45, 2.75) is 13.0 Å². The highest BCUT2D eigenvalue weighted by molar-refractivity contribution is 5.91. The van der Waals surface area contributed by atoms with E-state index in [2.05, 4.69) is 10.4 Å². The third kappa shape index (κ3) is 4.68. The molecule has 1 aromatic carbocycles. The van der Waals surface area contributed by atoms with Crippen LogP contribution in [0.5, 0.6) is 0 Å². The van der Waals surface area contributed by atoms with Gasteiger partial charge in [0.15, 0.2) is 0 Å². The zero-order valence-electron chi connectivity index (χ0n) is 11.0. The maximum absolute atomic E-state index is 12.7. The van der Waals surface area contributed by atoms with Gasteiger partial charge in [-0.2, -0.15) is 5.10 Å². The number of nitrogens with zero attached hydrogens (tertiary/aromatic N) is 2. The number of benzene rings is 1. The molecule has 4 nitrogen and oxygen atoms in total. The number of hydrogen-bond acceptors (Lipinski definition) is 2. The standard InChI is InChI=1S/C15H16FN3O/c16-14-6-3-13(4-7-14)5-8-15(20)17-9-1-11-19-12-2-10-18-19/h2-8,10,12H,1,9,11H2,(H,17,20)/b8-5+. The Labute approximate surface area is 116 Å². The topological polar surface area (TPSA) is 46.9 Å². The third-order valence-corrected chi connectivity index (χ3v) is 2.72. The molecule has 2 rings (SSSR count). The summed E-state index contributed by atoms with van der Waals surface area (Å²) in [5, 5.41) is 6.86. The van der Waals surface area contributed by atoms with E-state index in [-0.39, 0.29) is 11.7 Å². The van der Waals surface area contributed by atoms with Gasteiger partial charge in [-0.25, -0.2) is 4.39 Å². The molecule has 0 fully saturated rings. The molecule has 1 heterocycles. The molecule has 1 aromatic heterocycles. The van der Waals surface area contributed by atoms with Crippen molar-refractivity contribution in [2.24, 2.45) is 0 Å². The molecule has 5 heteroatoms. The summed E-state index contributed by atoms with van der Waals surface area (Å²) in [6.07, 6.45) is 7.53. The number of aryl methyl sites for hydroxylation is 1. The SMILES string of the molecule is O=C(/C=C/c1ccc(F)cc1)NCCCn1cccn1. The maximum Gasteiger partial charge on any atom is 0.244 e. The van der Waals surface area contributed by atoms with E-state index in [4.69, 9.17) is 0 Å². The van der Waals surface area contributed by atoms with Crippen LogP contribution in [0.25, 0.3) is 6.08 Å². The van der Waals surface area contributed by atoms with Gasteiger partial charge >= 0.3 is 0 Å². The molecule has 0 spiro atoms. The van der Waals surface area contributed by atoms with Crippen molar-refractivity contribution in [3.05, 3.63) is 60.2 Å². The van der Waals surface area contributed by atoms with Crippen molar-refractivity contribution in [2.75, 3.05) is 6.54 Å². The first kappa shape index (κ1) is 14.0. The molecule has 0 saturated carbocycles. The average Bonchev–Trinajstić information content (AvgIpc) is 2.96. The van der Waals surface area contributed by atoms with Gasteiger partial charge in [-0.05, 0) is 36.3 Å². The minimum atomic E-state index is -0.287. The summed E-state index contributed by atoms with van der Waals surface area (Å²) in [5.41, 5.74) is 0.790. The van der Waals surface area contributed by atoms with Crippen LogP contribution in [0.3, 0.4) is 0 Å². The van der Waals surface area contributed by atoms with Crippen LogP contribution < -0.4 is 5.32 Å². The lowest BCUT2D eigenvalue weighted by Crippen LogP contribution is -2.23. The van der Waals surface area contributed by atoms with E-state index in [1.165, 1.54) is 18.2 Å². The van der Waals surface area contributed by atoms with Crippen LogP contribution in [-0.2, 0) is 11.3 Å². The highest BCUT2D eigenvalue weighted by Gasteiger charge is 1.96. The Hall–Kier alpha value is -2.43. The Bertz CT molecular complexity index is 561. The van der Waals surface area contributed by atoms with Crippen LogP contribution in [0.4, 0.5) is 4.39 Å². The Morgan fingerprint density at radius 2 is 2.15 bits per heavy atom. The Balaban J connectivity index is 1.68. The smallest absolute Gasteiger partial charge is 0.244 e. The second-order valence-corrected chi connectivity index (χ2v) is 4.30. The molecule has 2 aromatic rings. The van der Waals surface area contributed by atoms with Gasteiger partial charge in [0, 0.05) is 31.6 Å². The lowest BCUT2D eigenvalue weighted by molar-refractivity contribution is -0.116. The fourth-order valence-electron chi connectivity index (χ4n) is 1.69. The summed E-state index contributed by atoms with van der Waals surface area (Å²) in [5.74, 6) is -0.444. The highest BCUT2D eigenvalue weighted by atomic mass is 19.1. The number of nitrogens with one attached hydrogen (secondary N) is 1. The lowest BCUT2D eigenvalue weighted by Gasteiger charge is -2.02. The second-order valence-electron chi connectivity index (χ2n) is 4.30. The molecule has 0 unspecified atom stereocenters. The molecule has 0 aliphatic carbocycles. The average molecular weight is 273 g/mol. The van der Waals surface area contributed by atoms with E-state index in [1.807, 2.05) is 16.9 Å². The van der Waals surface area contributed by atoms with Crippen LogP contribution >= 0.6 is 0 Å². The van der Waals surface area contributed by atoms with Gasteiger partial charge in [-0.1, -0.05) is 12.1 Å². The second kappa shape index (κ2) is 7.23. The predicted molar refractivity (Wildman–Crippen MR) is 75.3 cm³/mol. The molecule has 0 bridgehead atoms. The number of halogens is 1. The zero-order valence-corrected chi connectivity index (χ0v) is 11.0. The molecule has 1 N–H and O–H groups in total. The van der Waals surface area contributed by atoms with Crippen molar-refractivity contribution >= 4 is 12.0 Å². The van der Waals surface area contributed by atoms with Gasteiger partial charge in [0.05, 0.1) is 0 Å². The Morgan fingerprint density at radius 1 is 1.35 bits per heavy atom. The van der Waals surface area contributed by atoms with Gasteiger partial charge < -0.3 is 5.32 Å². The normalized spacial score (nSPS) is 10.8. The van der Waals surface area contributed by atoms with E-state index in [0.717, 1.165) is 18.5 Å². The van der Waals surface area contributed by atoms with Crippen molar-refractivity contribution in [3.63, 3.8) is 0 Å². The summed E-state index contributed by atoms with van der Waals surface area (Å²) in [6, 6.07) is 7.83. The summed E-state index contributed by atoms with van der Waals surface area (Å²) < 4.78 is 14.5. The predicted octanol–water partition coefficient (Wildman–Crippen LogP) is 2.24. The van der Waals surface area contributed by atoms with E-state index >= 15 is 0 Å². The minimum absolute atomic E-state index is 0.158. The highest BCUT2D eigenvalue weighted by Crippen LogP contribution is 2.04. The molecule has 1 amide bonds. The first-order valence-electron chi connectivity index (χ1n) is 6.43. The van der Waals surface area contributed by atoms with E-state index in [9.17, 15) is 9.18 Å². The monoisotopic (exact) mass is 273 g/mol. The van der Waals surface area contributed by atoms with Crippen molar-refractivity contribution in [1.82, 2.24) is 15.1 Å². The van der Waals surface area contributed by atoms with Crippen LogP contribution in [-0.4, -0.2) is 22.2 Å². The molecular weight excluding hydrogens is 257 g/mol. The molecule has 0 saturated heterocycles. The van der Waals surface area contributed by atoms with Gasteiger partial charge in [0.1, 0.15) is 5.82 Å². The quantitative estimate of drug-likeness (QED) is 0.648. The zero-order chi connectivity index (χ0) is 14.2. The van der Waals surface area contributed by atoms with Gasteiger partial charge in [0.25, 0.3) is 0 Å². The molecular formula is C15H16FN3O. The van der Waals surface area contributed by atoms with Gasteiger partial charge in [-0.3, -0.25) is 9.48 Å². The van der Waals surface area contributed by atoms with Crippen molar-refractivity contribution in [3.8, 4) is 0 Å². The number of aromatic nitrogens is 2. The third-order valence-electron chi connectivity index (χ3n) is 2.72. The van der Waals surface area contributed by atoms with Crippen LogP contribution in [0.1, 0.15) is 12.0 Å². The Kier molecular flexibility index (Phi) is 5.06. The maximum atomic E-state index is 12.7. The van der Waals surface area contributed by atoms with E-state index in [1.54, 1.807) is 24.4 Å². The molecule has 104 valence electrons. The first-order valence-corrected chi connectivity index (χ1v) is 6.43. The van der Waals surface area contributed by atoms with Gasteiger partial charge in [-0.15, -0.1) is 0 Å². The van der Waals surface area contributed by atoms with E-state index in [0.29, 0.717) is 6.54 Å². The van der Waals surface area contributed by atoms with Gasteiger partial charge in [0.2, 0.25) is 5.91 Å². The molecule has 0 aliphatic rings. The molecule has 0 radical (unpaired) electrons. The van der Waals surface area contributed by atoms with Crippen molar-refractivity contribution in [1.29, 1.82) is 0 Å². The summed E-state index contributed by atoms with van der Waals surface area (Å²) in [7, 11) is 0. The summed E-state index contributed by atoms with van der Waals surface area (Å²) >= 11 is 0. The summed E-state index contributed by atoms with van der Waals surface area (Å²) in [4.78, 5) is 11.6. The number of hydrogen-bond donors (Lipinski definition) is 1. The molecule has 0 aliphatic heterocycles. The van der Waals surface area contributed by atoms with E-state index < -0.39 is 0 Å². The number of rotatable bonds is 6. The van der Waals surface area contributed by atoms with Crippen LogP contribution in [0, 0.1) is 5.82 Å². The van der Waals surface area contributed by atoms with Crippen LogP contribution in [0.2, 0.25) is 0 Å². The lowest BCUT2D eigenvalue weighted by atomic mass is 10.2. The number of carbonyl (C=O) groups excluding carboxylic acids is 1. The number of carbonyl (C=O) groups is 1. The minimum Gasteiger partial charge on any atom is -0.352 e. The summed E-state index contributed by atoms with van der Waals surface area (Å²) in [6.45, 7) is 1.36. The molecule has 0 atom stereocenters. The first-order chi connectivity index (χ1) is 9.74. The Morgan fingerprint density at radius 3 is 2.85 bits per heavy atom. The fraction of sp³-hybridized carbons (Fsp3) is 0.200. The fourth-order valence-corrected chi connectivity index (χ4v) is 1.69. The number of amides is 1. The van der Waals surface area contributed by atoms with Crippen LogP contribution in [0.15, 0.2) is 48.8 Å².